The summed E-state index contributed by atoms with van der Waals surface area (Å²) >= 11 is 0. The van der Waals surface area contributed by atoms with Crippen molar-refractivity contribution in [2.24, 2.45) is 29.1 Å². The Kier molecular flexibility index (Phi) is 7.90. The molecule has 0 aromatic carbocycles. The molecule has 108 valence electrons. The Morgan fingerprint density at radius 1 is 1.00 bits per heavy atom. The quantitative estimate of drug-likeness (QED) is 0.332. The van der Waals surface area contributed by atoms with Gasteiger partial charge in [0.1, 0.15) is 0 Å². The lowest BCUT2D eigenvalue weighted by Crippen LogP contribution is -2.36. The van der Waals surface area contributed by atoms with Gasteiger partial charge in [0.25, 0.3) is 0 Å². The van der Waals surface area contributed by atoms with Gasteiger partial charge in [-0.15, -0.1) is 6.58 Å². The van der Waals surface area contributed by atoms with Crippen LogP contribution in [0.5, 0.6) is 0 Å². The van der Waals surface area contributed by atoms with Crippen molar-refractivity contribution in [3.05, 3.63) is 12.7 Å². The summed E-state index contributed by atoms with van der Waals surface area (Å²) < 4.78 is 0. The highest BCUT2D eigenvalue weighted by Crippen LogP contribution is 2.44. The SMILES string of the molecule is C=CC(C)(C(C)C(C)C)C(C)C(C)CCCCC. The maximum atomic E-state index is 4.14. The molecule has 0 fully saturated rings. The van der Waals surface area contributed by atoms with E-state index in [1.165, 1.54) is 25.7 Å². The monoisotopic (exact) mass is 252 g/mol. The molecule has 0 amide bonds. The predicted molar refractivity (Wildman–Crippen MR) is 84.8 cm³/mol. The molecule has 4 atom stereocenters. The second kappa shape index (κ2) is 8.02. The lowest BCUT2D eigenvalue weighted by Gasteiger charge is -2.43. The summed E-state index contributed by atoms with van der Waals surface area (Å²) in [6.45, 7) is 20.7. The molecule has 0 heterocycles. The zero-order valence-corrected chi connectivity index (χ0v) is 13.9. The molecular formula is C18H36. The van der Waals surface area contributed by atoms with Crippen LogP contribution in [0.4, 0.5) is 0 Å². The van der Waals surface area contributed by atoms with Crippen LogP contribution in [0.2, 0.25) is 0 Å². The van der Waals surface area contributed by atoms with E-state index in [1.807, 2.05) is 0 Å². The van der Waals surface area contributed by atoms with Gasteiger partial charge in [-0.3, -0.25) is 0 Å². The third kappa shape index (κ3) is 4.44. The summed E-state index contributed by atoms with van der Waals surface area (Å²) in [5.74, 6) is 2.92. The Morgan fingerprint density at radius 3 is 1.94 bits per heavy atom. The molecule has 18 heavy (non-hydrogen) atoms. The molecule has 0 aliphatic heterocycles. The van der Waals surface area contributed by atoms with E-state index in [0.717, 1.165) is 11.8 Å². The molecule has 0 aromatic heterocycles. The molecule has 0 rings (SSSR count). The lowest BCUT2D eigenvalue weighted by atomic mass is 9.62. The molecular weight excluding hydrogens is 216 g/mol. The second-order valence-electron chi connectivity index (χ2n) is 6.86. The Morgan fingerprint density at radius 2 is 1.56 bits per heavy atom. The molecule has 4 unspecified atom stereocenters. The first-order valence-corrected chi connectivity index (χ1v) is 7.94. The van der Waals surface area contributed by atoms with Crippen LogP contribution in [0, 0.1) is 29.1 Å². The minimum atomic E-state index is 0.264. The first-order chi connectivity index (χ1) is 8.31. The van der Waals surface area contributed by atoms with Gasteiger partial charge in [0.2, 0.25) is 0 Å². The van der Waals surface area contributed by atoms with Gasteiger partial charge in [-0.2, -0.15) is 0 Å². The van der Waals surface area contributed by atoms with Crippen LogP contribution in [0.25, 0.3) is 0 Å². The summed E-state index contributed by atoms with van der Waals surface area (Å²) in [6.07, 6.45) is 7.66. The van der Waals surface area contributed by atoms with E-state index in [-0.39, 0.29) is 5.41 Å². The Balaban J connectivity index is 4.67. The number of unbranched alkanes of at least 4 members (excludes halogenated alkanes) is 2. The van der Waals surface area contributed by atoms with Crippen LogP contribution in [0.3, 0.4) is 0 Å². The van der Waals surface area contributed by atoms with Crippen LogP contribution >= 0.6 is 0 Å². The van der Waals surface area contributed by atoms with Gasteiger partial charge < -0.3 is 0 Å². The Hall–Kier alpha value is -0.260. The fraction of sp³-hybridized carbons (Fsp3) is 0.889. The van der Waals surface area contributed by atoms with Crippen molar-refractivity contribution in [2.45, 2.75) is 74.1 Å². The van der Waals surface area contributed by atoms with Crippen LogP contribution in [-0.4, -0.2) is 0 Å². The molecule has 0 bridgehead atoms. The molecule has 0 radical (unpaired) electrons. The fourth-order valence-electron chi connectivity index (χ4n) is 3.08. The number of hydrogen-bond donors (Lipinski definition) is 0. The summed E-state index contributed by atoms with van der Waals surface area (Å²) in [5.41, 5.74) is 0.264. The van der Waals surface area contributed by atoms with Crippen molar-refractivity contribution < 1.29 is 0 Å². The first-order valence-electron chi connectivity index (χ1n) is 7.94. The summed E-state index contributed by atoms with van der Waals surface area (Å²) in [4.78, 5) is 0. The van der Waals surface area contributed by atoms with Gasteiger partial charge in [0.05, 0.1) is 0 Å². The van der Waals surface area contributed by atoms with E-state index < -0.39 is 0 Å². The molecule has 0 saturated heterocycles. The van der Waals surface area contributed by atoms with Crippen LogP contribution in [0.15, 0.2) is 12.7 Å². The van der Waals surface area contributed by atoms with Gasteiger partial charge in [0.15, 0.2) is 0 Å². The minimum absolute atomic E-state index is 0.264. The molecule has 0 aliphatic carbocycles. The van der Waals surface area contributed by atoms with E-state index in [2.05, 4.69) is 61.1 Å². The summed E-state index contributed by atoms with van der Waals surface area (Å²) in [5, 5.41) is 0. The maximum absolute atomic E-state index is 4.14. The third-order valence-corrected chi connectivity index (χ3v) is 5.52. The van der Waals surface area contributed by atoms with Crippen molar-refractivity contribution in [1.29, 1.82) is 0 Å². The van der Waals surface area contributed by atoms with Crippen molar-refractivity contribution in [1.82, 2.24) is 0 Å². The molecule has 0 saturated carbocycles. The smallest absolute Gasteiger partial charge is 0.00930 e. The van der Waals surface area contributed by atoms with Crippen LogP contribution in [0.1, 0.15) is 74.1 Å². The van der Waals surface area contributed by atoms with Crippen molar-refractivity contribution in [2.75, 3.05) is 0 Å². The normalized spacial score (nSPS) is 20.2. The molecule has 0 aromatic rings. The van der Waals surface area contributed by atoms with Gasteiger partial charge in [-0.25, -0.2) is 0 Å². The summed E-state index contributed by atoms with van der Waals surface area (Å²) in [7, 11) is 0. The number of hydrogen-bond acceptors (Lipinski definition) is 0. The van der Waals surface area contributed by atoms with Crippen LogP contribution in [-0.2, 0) is 0 Å². The Labute approximate surface area is 116 Å². The highest BCUT2D eigenvalue weighted by molar-refractivity contribution is 5.00. The average molecular weight is 252 g/mol. The van der Waals surface area contributed by atoms with E-state index in [9.17, 15) is 0 Å². The highest BCUT2D eigenvalue weighted by atomic mass is 14.4. The van der Waals surface area contributed by atoms with Crippen LogP contribution < -0.4 is 0 Å². The highest BCUT2D eigenvalue weighted by Gasteiger charge is 2.37. The topological polar surface area (TPSA) is 0 Å². The molecule has 0 spiro atoms. The zero-order valence-electron chi connectivity index (χ0n) is 13.9. The van der Waals surface area contributed by atoms with Gasteiger partial charge in [-0.1, -0.05) is 80.2 Å². The number of rotatable bonds is 9. The average Bonchev–Trinajstić information content (AvgIpc) is 2.35. The second-order valence-corrected chi connectivity index (χ2v) is 6.86. The fourth-order valence-corrected chi connectivity index (χ4v) is 3.08. The van der Waals surface area contributed by atoms with Gasteiger partial charge >= 0.3 is 0 Å². The van der Waals surface area contributed by atoms with Crippen molar-refractivity contribution in [3.63, 3.8) is 0 Å². The third-order valence-electron chi connectivity index (χ3n) is 5.52. The van der Waals surface area contributed by atoms with Crippen molar-refractivity contribution >= 4 is 0 Å². The van der Waals surface area contributed by atoms with E-state index in [4.69, 9.17) is 0 Å². The minimum Gasteiger partial charge on any atom is -0.103 e. The summed E-state index contributed by atoms with van der Waals surface area (Å²) in [6, 6.07) is 0. The van der Waals surface area contributed by atoms with Crippen molar-refractivity contribution in [3.8, 4) is 0 Å². The Bertz CT molecular complexity index is 228. The lowest BCUT2D eigenvalue weighted by molar-refractivity contribution is 0.0943. The van der Waals surface area contributed by atoms with Gasteiger partial charge in [0, 0.05) is 0 Å². The number of allylic oxidation sites excluding steroid dienone is 1. The molecule has 0 aliphatic rings. The van der Waals surface area contributed by atoms with E-state index in [0.29, 0.717) is 11.8 Å². The maximum Gasteiger partial charge on any atom is -0.00930 e. The van der Waals surface area contributed by atoms with Gasteiger partial charge in [-0.05, 0) is 29.1 Å². The first kappa shape index (κ1) is 17.7. The standard InChI is InChI=1S/C18H36/c1-9-11-12-13-15(5)17(7)18(8,10-2)16(6)14(3)4/h10,14-17H,2,9,11-13H2,1,3-8H3. The predicted octanol–water partition coefficient (Wildman–Crippen LogP) is 6.32. The largest absolute Gasteiger partial charge is 0.103 e. The van der Waals surface area contributed by atoms with E-state index in [1.54, 1.807) is 0 Å². The van der Waals surface area contributed by atoms with E-state index >= 15 is 0 Å². The zero-order chi connectivity index (χ0) is 14.3. The molecule has 0 N–H and O–H groups in total. The molecule has 0 heteroatoms. The molecule has 0 nitrogen and oxygen atoms in total.